The standard InChI is InChI=1S/C22H26N4O2.C21H26N2O3/c1-14-7-8-15-12-16(18-9-10-23-20(24-18)26(5)6)13-19(17(15)11-14)25-21(27)28-22(2,3)4;1-14-7-8-15-12-16(19(24)9-10-23(5)6)13-18(17(15)11-14)22-20(25)26-21(2,3)4/h7-13H,1-6H3,(H,25,27);7-13H,1-6H3,(H,22,25)/b;10-9+. The van der Waals surface area contributed by atoms with E-state index >= 15 is 0 Å². The first-order valence-corrected chi connectivity index (χ1v) is 17.7. The number of ether oxygens (including phenoxy) is 2. The number of nitrogens with zero attached hydrogens (tertiary/aromatic N) is 4. The van der Waals surface area contributed by atoms with Crippen LogP contribution in [0.2, 0.25) is 0 Å². The number of anilines is 3. The van der Waals surface area contributed by atoms with Gasteiger partial charge in [0.25, 0.3) is 0 Å². The molecule has 2 N–H and O–H groups in total. The van der Waals surface area contributed by atoms with Crippen molar-refractivity contribution in [2.75, 3.05) is 43.7 Å². The highest BCUT2D eigenvalue weighted by atomic mass is 16.6. The summed E-state index contributed by atoms with van der Waals surface area (Å²) in [4.78, 5) is 49.6. The number of carbonyl (C=O) groups excluding carboxylic acids is 3. The van der Waals surface area contributed by atoms with Crippen LogP contribution in [0.4, 0.5) is 26.9 Å². The van der Waals surface area contributed by atoms with Crippen LogP contribution >= 0.6 is 0 Å². The van der Waals surface area contributed by atoms with Crippen LogP contribution in [0.3, 0.4) is 0 Å². The molecule has 0 aliphatic heterocycles. The van der Waals surface area contributed by atoms with Gasteiger partial charge in [0.15, 0.2) is 5.78 Å². The third kappa shape index (κ3) is 11.8. The Hall–Kier alpha value is -5.97. The van der Waals surface area contributed by atoms with Crippen LogP contribution < -0.4 is 15.5 Å². The van der Waals surface area contributed by atoms with Crippen molar-refractivity contribution in [1.82, 2.24) is 14.9 Å². The average Bonchev–Trinajstić information content (AvgIpc) is 3.06. The average molecular weight is 733 g/mol. The van der Waals surface area contributed by atoms with E-state index in [0.717, 1.165) is 43.9 Å². The van der Waals surface area contributed by atoms with Crippen molar-refractivity contribution in [2.45, 2.75) is 66.6 Å². The van der Waals surface area contributed by atoms with Crippen molar-refractivity contribution in [2.24, 2.45) is 0 Å². The molecule has 0 radical (unpaired) electrons. The van der Waals surface area contributed by atoms with Crippen molar-refractivity contribution in [1.29, 1.82) is 0 Å². The molecule has 0 unspecified atom stereocenters. The molecule has 54 heavy (non-hydrogen) atoms. The van der Waals surface area contributed by atoms with E-state index in [1.165, 1.54) is 6.08 Å². The number of hydrogen-bond acceptors (Lipinski definition) is 9. The molecular weight excluding hydrogens is 681 g/mol. The Kier molecular flexibility index (Phi) is 12.7. The molecule has 0 spiro atoms. The van der Waals surface area contributed by atoms with E-state index in [2.05, 4.69) is 38.8 Å². The van der Waals surface area contributed by atoms with Crippen LogP contribution in [0.25, 0.3) is 32.8 Å². The molecule has 1 aromatic heterocycles. The van der Waals surface area contributed by atoms with Gasteiger partial charge >= 0.3 is 12.2 Å². The van der Waals surface area contributed by atoms with Gasteiger partial charge in [-0.25, -0.2) is 19.6 Å². The summed E-state index contributed by atoms with van der Waals surface area (Å²) >= 11 is 0. The van der Waals surface area contributed by atoms with Crippen LogP contribution in [0.1, 0.15) is 63.0 Å². The molecule has 11 heteroatoms. The van der Waals surface area contributed by atoms with E-state index in [1.54, 1.807) is 44.1 Å². The minimum Gasteiger partial charge on any atom is -0.444 e. The first-order chi connectivity index (χ1) is 25.2. The Morgan fingerprint density at radius 3 is 1.70 bits per heavy atom. The fraction of sp³-hybridized carbons (Fsp3) is 0.326. The van der Waals surface area contributed by atoms with E-state index in [-0.39, 0.29) is 5.78 Å². The third-order valence-corrected chi connectivity index (χ3v) is 7.64. The van der Waals surface area contributed by atoms with Gasteiger partial charge in [0.05, 0.1) is 17.1 Å². The van der Waals surface area contributed by atoms with Crippen LogP contribution in [-0.4, -0.2) is 72.2 Å². The zero-order chi connectivity index (χ0) is 40.0. The summed E-state index contributed by atoms with van der Waals surface area (Å²) in [5.41, 5.74) is 4.45. The van der Waals surface area contributed by atoms with Crippen LogP contribution in [0.5, 0.6) is 0 Å². The second-order valence-electron chi connectivity index (χ2n) is 15.5. The smallest absolute Gasteiger partial charge is 0.412 e. The lowest BCUT2D eigenvalue weighted by Gasteiger charge is -2.20. The van der Waals surface area contributed by atoms with E-state index in [1.807, 2.05) is 110 Å². The van der Waals surface area contributed by atoms with Crippen molar-refractivity contribution in [3.63, 3.8) is 0 Å². The first-order valence-electron chi connectivity index (χ1n) is 17.7. The number of fused-ring (bicyclic) bond motifs is 2. The Labute approximate surface area is 318 Å². The van der Waals surface area contributed by atoms with E-state index in [0.29, 0.717) is 22.9 Å². The highest BCUT2D eigenvalue weighted by Crippen LogP contribution is 2.32. The summed E-state index contributed by atoms with van der Waals surface area (Å²) in [6.07, 6.45) is 3.91. The molecule has 0 saturated heterocycles. The molecule has 11 nitrogen and oxygen atoms in total. The van der Waals surface area contributed by atoms with Crippen molar-refractivity contribution in [3.05, 3.63) is 102 Å². The number of hydrogen-bond donors (Lipinski definition) is 2. The van der Waals surface area contributed by atoms with Gasteiger partial charge < -0.3 is 19.3 Å². The Morgan fingerprint density at radius 1 is 0.685 bits per heavy atom. The van der Waals surface area contributed by atoms with Gasteiger partial charge in [-0.1, -0.05) is 35.4 Å². The topological polar surface area (TPSA) is 126 Å². The van der Waals surface area contributed by atoms with E-state index < -0.39 is 23.4 Å². The molecule has 0 aliphatic rings. The van der Waals surface area contributed by atoms with Crippen LogP contribution in [0.15, 0.2) is 85.2 Å². The molecular formula is C43H52N6O5. The van der Waals surface area contributed by atoms with Crippen molar-refractivity contribution >= 4 is 56.8 Å². The number of rotatable bonds is 7. The number of benzene rings is 4. The number of carbonyl (C=O) groups is 3. The molecule has 0 fully saturated rings. The van der Waals surface area contributed by atoms with E-state index in [9.17, 15) is 14.4 Å². The summed E-state index contributed by atoms with van der Waals surface area (Å²) in [5.74, 6) is 0.497. The van der Waals surface area contributed by atoms with Crippen LogP contribution in [0, 0.1) is 13.8 Å². The molecule has 284 valence electrons. The molecule has 0 aliphatic carbocycles. The molecule has 0 atom stereocenters. The lowest BCUT2D eigenvalue weighted by Crippen LogP contribution is -2.27. The lowest BCUT2D eigenvalue weighted by atomic mass is 10.0. The maximum atomic E-state index is 12.5. The van der Waals surface area contributed by atoms with Gasteiger partial charge in [-0.05, 0) is 109 Å². The first kappa shape index (κ1) is 40.8. The van der Waals surface area contributed by atoms with Gasteiger partial charge in [-0.15, -0.1) is 0 Å². The minimum atomic E-state index is -0.600. The predicted octanol–water partition coefficient (Wildman–Crippen LogP) is 9.77. The fourth-order valence-corrected chi connectivity index (χ4v) is 5.31. The van der Waals surface area contributed by atoms with Gasteiger partial charge in [-0.2, -0.15) is 0 Å². The third-order valence-electron chi connectivity index (χ3n) is 7.64. The van der Waals surface area contributed by atoms with Gasteiger partial charge in [0, 0.05) is 68.6 Å². The lowest BCUT2D eigenvalue weighted by molar-refractivity contribution is 0.0624. The zero-order valence-corrected chi connectivity index (χ0v) is 33.4. The maximum absolute atomic E-state index is 12.5. The Bertz CT molecular complexity index is 2200. The molecule has 2 amide bonds. The molecule has 1 heterocycles. The van der Waals surface area contributed by atoms with Crippen LogP contribution in [-0.2, 0) is 9.47 Å². The second kappa shape index (κ2) is 16.8. The van der Waals surface area contributed by atoms with Crippen molar-refractivity contribution < 1.29 is 23.9 Å². The molecule has 0 bridgehead atoms. The number of amides is 2. The fourth-order valence-electron chi connectivity index (χ4n) is 5.31. The SMILES string of the molecule is Cc1ccc2cc(-c3ccnc(N(C)C)n3)cc(NC(=O)OC(C)(C)C)c2c1.Cc1ccc2cc(C(=O)/C=C/N(C)C)cc(NC(=O)OC(C)(C)C)c2c1. The molecule has 5 aromatic rings. The summed E-state index contributed by atoms with van der Waals surface area (Å²) in [6.45, 7) is 15.0. The summed E-state index contributed by atoms with van der Waals surface area (Å²) < 4.78 is 10.8. The predicted molar refractivity (Wildman–Crippen MR) is 220 cm³/mol. The normalized spacial score (nSPS) is 11.5. The number of aromatic nitrogens is 2. The van der Waals surface area contributed by atoms with E-state index in [4.69, 9.17) is 9.47 Å². The zero-order valence-electron chi connectivity index (χ0n) is 33.4. The highest BCUT2D eigenvalue weighted by molar-refractivity contribution is 6.11. The van der Waals surface area contributed by atoms with Gasteiger partial charge in [0.2, 0.25) is 5.95 Å². The van der Waals surface area contributed by atoms with Gasteiger partial charge in [0.1, 0.15) is 11.2 Å². The Balaban J connectivity index is 0.000000241. The molecule has 4 aromatic carbocycles. The number of allylic oxidation sites excluding steroid dienone is 1. The van der Waals surface area contributed by atoms with Crippen molar-refractivity contribution in [3.8, 4) is 11.3 Å². The van der Waals surface area contributed by atoms with Gasteiger partial charge in [-0.3, -0.25) is 15.4 Å². The largest absolute Gasteiger partial charge is 0.444 e. The summed E-state index contributed by atoms with van der Waals surface area (Å²) in [5, 5.41) is 9.40. The molecule has 0 saturated carbocycles. The Morgan fingerprint density at radius 2 is 1.20 bits per heavy atom. The minimum absolute atomic E-state index is 0.131. The summed E-state index contributed by atoms with van der Waals surface area (Å²) in [7, 11) is 7.50. The number of ketones is 1. The summed E-state index contributed by atoms with van der Waals surface area (Å²) in [6, 6.07) is 21.4. The highest BCUT2D eigenvalue weighted by Gasteiger charge is 2.19. The monoisotopic (exact) mass is 732 g/mol. The molecule has 5 rings (SSSR count). The second-order valence-corrected chi connectivity index (χ2v) is 15.5. The number of nitrogens with one attached hydrogen (secondary N) is 2. The quantitative estimate of drug-likeness (QED) is 0.124. The number of aryl methyl sites for hydroxylation is 2. The maximum Gasteiger partial charge on any atom is 0.412 e.